The van der Waals surface area contributed by atoms with Crippen molar-refractivity contribution >= 4 is 0 Å². The lowest BCUT2D eigenvalue weighted by atomic mass is 10.0. The van der Waals surface area contributed by atoms with Crippen LogP contribution in [0.2, 0.25) is 0 Å². The molecule has 0 unspecified atom stereocenters. The smallest absolute Gasteiger partial charge is 0.173 e. The first-order valence-corrected chi connectivity index (χ1v) is 7.04. The van der Waals surface area contributed by atoms with Crippen LogP contribution in [-0.2, 0) is 6.61 Å². The van der Waals surface area contributed by atoms with E-state index in [1.807, 2.05) is 55.5 Å². The van der Waals surface area contributed by atoms with Crippen LogP contribution in [0.1, 0.15) is 11.1 Å². The highest BCUT2D eigenvalue weighted by Crippen LogP contribution is 2.33. The lowest BCUT2D eigenvalue weighted by Gasteiger charge is -2.04. The van der Waals surface area contributed by atoms with Crippen LogP contribution in [-0.4, -0.2) is 17.4 Å². The monoisotopic (exact) mass is 295 g/mol. The van der Waals surface area contributed by atoms with Crippen molar-refractivity contribution in [3.05, 3.63) is 59.7 Å². The highest BCUT2D eigenvalue weighted by molar-refractivity contribution is 5.73. The van der Waals surface area contributed by atoms with E-state index in [9.17, 15) is 5.11 Å². The molecule has 0 amide bonds. The molecule has 1 N–H and O–H groups in total. The van der Waals surface area contributed by atoms with Gasteiger partial charge >= 0.3 is 0 Å². The first-order valence-electron chi connectivity index (χ1n) is 7.04. The van der Waals surface area contributed by atoms with E-state index in [4.69, 9.17) is 9.26 Å². The minimum atomic E-state index is -0.140. The van der Waals surface area contributed by atoms with E-state index in [0.29, 0.717) is 17.0 Å². The Bertz CT molecular complexity index is 793. The van der Waals surface area contributed by atoms with Gasteiger partial charge in [0.05, 0.1) is 19.3 Å². The van der Waals surface area contributed by atoms with Gasteiger partial charge in [0.15, 0.2) is 5.76 Å². The highest BCUT2D eigenvalue weighted by atomic mass is 16.5. The molecule has 3 rings (SSSR count). The van der Waals surface area contributed by atoms with Gasteiger partial charge in [0, 0.05) is 11.1 Å². The third-order valence-corrected chi connectivity index (χ3v) is 3.57. The number of rotatable bonds is 4. The van der Waals surface area contributed by atoms with Crippen molar-refractivity contribution in [3.63, 3.8) is 0 Å². The fourth-order valence-electron chi connectivity index (χ4n) is 2.47. The normalized spacial score (nSPS) is 10.7. The molecular weight excluding hydrogens is 278 g/mol. The summed E-state index contributed by atoms with van der Waals surface area (Å²) in [5.74, 6) is 1.34. The summed E-state index contributed by atoms with van der Waals surface area (Å²) in [6.07, 6.45) is 0. The molecule has 4 nitrogen and oxygen atoms in total. The molecule has 1 heterocycles. The van der Waals surface area contributed by atoms with Gasteiger partial charge in [-0.3, -0.25) is 0 Å². The largest absolute Gasteiger partial charge is 0.497 e. The van der Waals surface area contributed by atoms with Crippen LogP contribution in [0, 0.1) is 6.92 Å². The summed E-state index contributed by atoms with van der Waals surface area (Å²) in [6, 6.07) is 15.5. The Morgan fingerprint density at radius 3 is 2.59 bits per heavy atom. The van der Waals surface area contributed by atoms with E-state index in [-0.39, 0.29) is 6.61 Å². The number of aliphatic hydroxyl groups excluding tert-OH is 1. The maximum Gasteiger partial charge on any atom is 0.173 e. The van der Waals surface area contributed by atoms with Crippen molar-refractivity contribution in [1.82, 2.24) is 5.16 Å². The van der Waals surface area contributed by atoms with Gasteiger partial charge in [0.1, 0.15) is 11.4 Å². The molecular formula is C18H17NO3. The quantitative estimate of drug-likeness (QED) is 0.795. The third-order valence-electron chi connectivity index (χ3n) is 3.57. The average molecular weight is 295 g/mol. The Kier molecular flexibility index (Phi) is 3.94. The Labute approximate surface area is 129 Å². The van der Waals surface area contributed by atoms with Crippen LogP contribution in [0.15, 0.2) is 53.1 Å². The maximum atomic E-state index is 9.78. The molecule has 0 aliphatic rings. The number of aromatic nitrogens is 1. The molecule has 2 aromatic carbocycles. The van der Waals surface area contributed by atoms with Crippen LogP contribution >= 0.6 is 0 Å². The van der Waals surface area contributed by atoms with Gasteiger partial charge < -0.3 is 14.4 Å². The van der Waals surface area contributed by atoms with Crippen molar-refractivity contribution in [3.8, 4) is 28.3 Å². The lowest BCUT2D eigenvalue weighted by molar-refractivity contribution is 0.281. The van der Waals surface area contributed by atoms with Crippen LogP contribution in [0.25, 0.3) is 22.6 Å². The zero-order valence-electron chi connectivity index (χ0n) is 12.5. The summed E-state index contributed by atoms with van der Waals surface area (Å²) in [7, 11) is 1.62. The molecule has 0 fully saturated rings. The number of aliphatic hydroxyl groups is 1. The second-order valence-corrected chi connectivity index (χ2v) is 5.10. The first-order chi connectivity index (χ1) is 10.7. The van der Waals surface area contributed by atoms with Crippen molar-refractivity contribution in [2.24, 2.45) is 0 Å². The van der Waals surface area contributed by atoms with Gasteiger partial charge in [-0.25, -0.2) is 0 Å². The van der Waals surface area contributed by atoms with Gasteiger partial charge in [-0.05, 0) is 25.1 Å². The van der Waals surface area contributed by atoms with Gasteiger partial charge in [-0.15, -0.1) is 0 Å². The van der Waals surface area contributed by atoms with Crippen LogP contribution in [0.5, 0.6) is 5.75 Å². The molecule has 1 aromatic heterocycles. The number of methoxy groups -OCH3 is 1. The molecule has 0 saturated carbocycles. The number of benzene rings is 2. The topological polar surface area (TPSA) is 55.5 Å². The molecule has 0 saturated heterocycles. The van der Waals surface area contributed by atoms with Gasteiger partial charge in [0.25, 0.3) is 0 Å². The van der Waals surface area contributed by atoms with E-state index in [1.165, 1.54) is 0 Å². The van der Waals surface area contributed by atoms with E-state index in [1.54, 1.807) is 7.11 Å². The summed E-state index contributed by atoms with van der Waals surface area (Å²) in [5.41, 5.74) is 4.20. The second-order valence-electron chi connectivity index (χ2n) is 5.10. The van der Waals surface area contributed by atoms with Crippen molar-refractivity contribution < 1.29 is 14.4 Å². The number of ether oxygens (including phenoxy) is 1. The minimum Gasteiger partial charge on any atom is -0.497 e. The molecule has 0 bridgehead atoms. The summed E-state index contributed by atoms with van der Waals surface area (Å²) in [6.45, 7) is 1.88. The minimum absolute atomic E-state index is 0.140. The zero-order valence-corrected chi connectivity index (χ0v) is 12.5. The van der Waals surface area contributed by atoms with Crippen molar-refractivity contribution in [1.29, 1.82) is 0 Å². The van der Waals surface area contributed by atoms with E-state index in [0.717, 1.165) is 22.4 Å². The summed E-state index contributed by atoms with van der Waals surface area (Å²) in [5, 5.41) is 13.9. The summed E-state index contributed by atoms with van der Waals surface area (Å²) >= 11 is 0. The zero-order chi connectivity index (χ0) is 15.5. The first kappa shape index (κ1) is 14.4. The van der Waals surface area contributed by atoms with Gasteiger partial charge in [0.2, 0.25) is 0 Å². The summed E-state index contributed by atoms with van der Waals surface area (Å²) < 4.78 is 10.7. The van der Waals surface area contributed by atoms with E-state index >= 15 is 0 Å². The molecule has 112 valence electrons. The SMILES string of the molecule is COc1cccc(-c2noc(-c3cccc(C)c3)c2CO)c1. The number of aryl methyl sites for hydroxylation is 1. The van der Waals surface area contributed by atoms with E-state index < -0.39 is 0 Å². The predicted octanol–water partition coefficient (Wildman–Crippen LogP) is 3.82. The fraction of sp³-hybridized carbons (Fsp3) is 0.167. The molecule has 0 aliphatic heterocycles. The number of hydrogen-bond donors (Lipinski definition) is 1. The predicted molar refractivity (Wildman–Crippen MR) is 84.6 cm³/mol. The highest BCUT2D eigenvalue weighted by Gasteiger charge is 2.18. The molecule has 0 atom stereocenters. The lowest BCUT2D eigenvalue weighted by Crippen LogP contribution is -1.90. The Morgan fingerprint density at radius 2 is 1.86 bits per heavy atom. The standard InChI is InChI=1S/C18H17NO3/c1-12-5-3-7-14(9-12)18-16(11-20)17(19-22-18)13-6-4-8-15(10-13)21-2/h3-10,20H,11H2,1-2H3. The molecule has 22 heavy (non-hydrogen) atoms. The fourth-order valence-corrected chi connectivity index (χ4v) is 2.47. The second kappa shape index (κ2) is 6.03. The molecule has 0 spiro atoms. The Balaban J connectivity index is 2.11. The average Bonchev–Trinajstić information content (AvgIpc) is 2.99. The Morgan fingerprint density at radius 1 is 1.09 bits per heavy atom. The number of nitrogens with zero attached hydrogens (tertiary/aromatic N) is 1. The Hall–Kier alpha value is -2.59. The number of hydrogen-bond acceptors (Lipinski definition) is 4. The molecule has 3 aromatic rings. The van der Waals surface area contributed by atoms with Crippen molar-refractivity contribution in [2.75, 3.05) is 7.11 Å². The summed E-state index contributed by atoms with van der Waals surface area (Å²) in [4.78, 5) is 0. The molecule has 0 radical (unpaired) electrons. The maximum absolute atomic E-state index is 9.78. The van der Waals surface area contributed by atoms with Crippen LogP contribution in [0.3, 0.4) is 0 Å². The molecule has 0 aliphatic carbocycles. The van der Waals surface area contributed by atoms with Gasteiger partial charge in [-0.2, -0.15) is 0 Å². The van der Waals surface area contributed by atoms with Crippen LogP contribution in [0.4, 0.5) is 0 Å². The van der Waals surface area contributed by atoms with Crippen molar-refractivity contribution in [2.45, 2.75) is 13.5 Å². The molecule has 4 heteroatoms. The van der Waals surface area contributed by atoms with E-state index in [2.05, 4.69) is 5.16 Å². The van der Waals surface area contributed by atoms with Gasteiger partial charge in [-0.1, -0.05) is 41.1 Å². The van der Waals surface area contributed by atoms with Crippen LogP contribution < -0.4 is 4.74 Å². The third kappa shape index (κ3) is 2.61.